The number of cyclic esters (lactones) is 2. The molecule has 15 fully saturated rings. The fraction of sp³-hybridized carbons (Fsp3) is 0.720. The maximum Gasteiger partial charge on any atom is 0.350 e. The van der Waals surface area contributed by atoms with Crippen molar-refractivity contribution >= 4 is 71.6 Å². The van der Waals surface area contributed by atoms with Gasteiger partial charge in [0.05, 0.1) is 19.1 Å². The van der Waals surface area contributed by atoms with Crippen LogP contribution in [0.4, 0.5) is 0 Å². The quantitative estimate of drug-likeness (QED) is 0.0552. The van der Waals surface area contributed by atoms with Gasteiger partial charge in [0, 0.05) is 74.8 Å². The van der Waals surface area contributed by atoms with Crippen LogP contribution >= 0.6 is 0 Å². The molecular formula is C107H162O24. The molecule has 12 aliphatic carbocycles. The fourth-order valence-corrected chi connectivity index (χ4v) is 21.5. The average Bonchev–Trinajstić information content (AvgIpc) is 1.72. The van der Waals surface area contributed by atoms with Crippen LogP contribution in [0.25, 0.3) is 0 Å². The van der Waals surface area contributed by atoms with Gasteiger partial charge in [0.25, 0.3) is 0 Å². The van der Waals surface area contributed by atoms with E-state index in [2.05, 4.69) is 112 Å². The van der Waals surface area contributed by atoms with E-state index in [1.165, 1.54) is 142 Å². The largest absolute Gasteiger partial charge is 0.463 e. The molecule has 0 aromatic heterocycles. The summed E-state index contributed by atoms with van der Waals surface area (Å²) in [6.07, 6.45) is 38.2. The molecule has 11 unspecified atom stereocenters. The number of carbonyl (C=O) groups is 12. The van der Waals surface area contributed by atoms with Gasteiger partial charge in [0.1, 0.15) is 45.8 Å². The summed E-state index contributed by atoms with van der Waals surface area (Å²) in [6, 6.07) is 0. The van der Waals surface area contributed by atoms with Crippen LogP contribution in [-0.4, -0.2) is 142 Å². The normalized spacial score (nSPS) is 29.9. The third-order valence-corrected chi connectivity index (χ3v) is 29.6. The number of ether oxygens (including phenoxy) is 12. The van der Waals surface area contributed by atoms with Gasteiger partial charge >= 0.3 is 71.6 Å². The first kappa shape index (κ1) is 111. The standard InChI is InChI=1S/C16H24O2.C15H24O2.C14H24O2.C12H14O4.C12H20O2.C11H18O2.C10H16O2.C9H12O4.C8H10O4/c1-4-16(18-15(17)10(2)3)13-6-11-5-12(8-13)9-14(16)7-11;1-10(2)14(16)17-15(4)6-5-12-7-11(3)8-13(15)9-12;1-4-14(16-13(15)12(2)3)10-8-6-5-7-9-11-14;1-5(2)11(13)15-9-6-3-7-8(4-6)12(14)16-10(7)9;1-9(2)11(13)14-12(10(3)4)7-5-6-8-12;1-4-11(7-5-6-8-11)13-10(12)9(2)3;1-8(2)9(11)12-10(3)6-4-5-7-10;1-6(2)7(10)13-9(3)4-5-12-8(9)11;1-5(2)7(9)12-6-3-4-11-8(6)10/h11-14H,2,4-9H2,1,3H3;11-13H,1,5-9H2,2-4H3;2,4-11H2,1,3H3;6-10H,1,3-4H2,2H3;10H,1,5-8H2,2-4H3;2,4-8H2,1,3H3;1,4-7H2,2-3H3;1,4-5H2,2-3H3;6H,1,3-4H2,2H3. The van der Waals surface area contributed by atoms with E-state index in [4.69, 9.17) is 52.1 Å². The molecule has 0 radical (unpaired) electrons. The Balaban J connectivity index is 0.000000228. The zero-order valence-corrected chi connectivity index (χ0v) is 83.1. The minimum Gasteiger partial charge on any atom is -0.463 e. The summed E-state index contributed by atoms with van der Waals surface area (Å²) in [5.74, 6) is 2.42. The second-order valence-electron chi connectivity index (χ2n) is 41.5. The number of carbonyl (C=O) groups excluding carboxylic acids is 12. The van der Waals surface area contributed by atoms with Gasteiger partial charge in [0.15, 0.2) is 0 Å². The molecule has 8 bridgehead atoms. The zero-order chi connectivity index (χ0) is 98.1. The molecule has 0 aromatic carbocycles. The van der Waals surface area contributed by atoms with Crippen molar-refractivity contribution in [2.24, 2.45) is 65.1 Å². The van der Waals surface area contributed by atoms with Crippen LogP contribution in [0.3, 0.4) is 0 Å². The van der Waals surface area contributed by atoms with E-state index in [1.54, 1.807) is 55.4 Å². The van der Waals surface area contributed by atoms with E-state index >= 15 is 0 Å². The Morgan fingerprint density at radius 1 is 0.382 bits per heavy atom. The second-order valence-corrected chi connectivity index (χ2v) is 41.5. The Kier molecular flexibility index (Phi) is 42.0. The predicted molar refractivity (Wildman–Crippen MR) is 502 cm³/mol. The highest BCUT2D eigenvalue weighted by atomic mass is 16.6. The number of hydrogen-bond donors (Lipinski definition) is 0. The third-order valence-electron chi connectivity index (χ3n) is 29.6. The number of hydrogen-bond acceptors (Lipinski definition) is 24. The van der Waals surface area contributed by atoms with Gasteiger partial charge in [-0.15, -0.1) is 0 Å². The third kappa shape index (κ3) is 31.2. The molecule has 3 heterocycles. The summed E-state index contributed by atoms with van der Waals surface area (Å²) in [4.78, 5) is 136. The molecule has 24 nitrogen and oxygen atoms in total. The van der Waals surface area contributed by atoms with E-state index in [0.717, 1.165) is 114 Å². The summed E-state index contributed by atoms with van der Waals surface area (Å²) in [6.45, 7) is 66.4. The first-order valence-electron chi connectivity index (χ1n) is 48.8. The SMILES string of the molecule is C=C(C)C(=O)OC1(C(C)C)CCCC1.C=C(C)C(=O)OC1(C)CCC2CC(C)CC1C2.C=C(C)C(=O)OC1(C)CCCC1.C=C(C)C(=O)OC1(C)CCOC1=O.C=C(C)C(=O)OC1(CC)C2CC3CC(C2)CC1C3.C=C(C)C(=O)OC1(CC)CCCC1.C=C(C)C(=O)OC1(CC)CCCCCCC1.C=C(C)C(=O)OC1C2CC3C(=O)OC1C3C2.C=C(C)C(=O)OC1CCOC1=O. The van der Waals surface area contributed by atoms with Crippen LogP contribution in [0.1, 0.15) is 356 Å². The smallest absolute Gasteiger partial charge is 0.350 e. The summed E-state index contributed by atoms with van der Waals surface area (Å²) in [5, 5.41) is 0. The van der Waals surface area contributed by atoms with E-state index in [-0.39, 0.29) is 117 Å². The van der Waals surface area contributed by atoms with Gasteiger partial charge in [-0.05, 0) is 329 Å². The highest BCUT2D eigenvalue weighted by molar-refractivity contribution is 5.93. The molecule has 131 heavy (non-hydrogen) atoms. The first-order chi connectivity index (χ1) is 61.3. The predicted octanol–water partition coefficient (Wildman–Crippen LogP) is 22.0. The highest BCUT2D eigenvalue weighted by Gasteiger charge is 2.64. The van der Waals surface area contributed by atoms with E-state index in [0.29, 0.717) is 94.7 Å². The molecule has 3 saturated heterocycles. The van der Waals surface area contributed by atoms with Crippen molar-refractivity contribution in [3.05, 3.63) is 109 Å². The molecule has 15 aliphatic rings. The summed E-state index contributed by atoms with van der Waals surface area (Å²) in [5.41, 5.74) is 1.67. The maximum atomic E-state index is 12.0. The lowest BCUT2D eigenvalue weighted by Crippen LogP contribution is -2.59. The lowest BCUT2D eigenvalue weighted by atomic mass is 9.49. The van der Waals surface area contributed by atoms with Crippen LogP contribution in [0, 0.1) is 65.1 Å². The monoisotopic (exact) mass is 1830 g/mol. The molecule has 0 spiro atoms. The number of esters is 12. The summed E-state index contributed by atoms with van der Waals surface area (Å²) in [7, 11) is 0. The molecule has 3 aliphatic heterocycles. The van der Waals surface area contributed by atoms with Crippen molar-refractivity contribution in [3.63, 3.8) is 0 Å². The molecule has 11 atom stereocenters. The van der Waals surface area contributed by atoms with Crippen LogP contribution in [0.2, 0.25) is 0 Å². The van der Waals surface area contributed by atoms with Crippen LogP contribution in [0.5, 0.6) is 0 Å². The minimum absolute atomic E-state index is 0.0646. The number of fused-ring (bicyclic) bond motifs is 3. The van der Waals surface area contributed by atoms with Crippen molar-refractivity contribution in [1.29, 1.82) is 0 Å². The first-order valence-corrected chi connectivity index (χ1v) is 48.8. The van der Waals surface area contributed by atoms with Crippen LogP contribution in [0.15, 0.2) is 109 Å². The molecule has 0 amide bonds. The van der Waals surface area contributed by atoms with E-state index < -0.39 is 35.6 Å². The van der Waals surface area contributed by atoms with Gasteiger partial charge < -0.3 is 56.8 Å². The molecule has 0 N–H and O–H groups in total. The molecule has 734 valence electrons. The fourth-order valence-electron chi connectivity index (χ4n) is 21.5. The Morgan fingerprint density at radius 2 is 0.794 bits per heavy atom. The van der Waals surface area contributed by atoms with Gasteiger partial charge in [-0.1, -0.05) is 120 Å². The Labute approximate surface area is 782 Å². The molecule has 0 aromatic rings. The van der Waals surface area contributed by atoms with Gasteiger partial charge in [0.2, 0.25) is 11.7 Å². The van der Waals surface area contributed by atoms with Crippen molar-refractivity contribution in [3.8, 4) is 0 Å². The topological polar surface area (TPSA) is 316 Å². The molecular weight excluding hydrogens is 1670 g/mol. The number of rotatable bonds is 22. The Morgan fingerprint density at radius 3 is 1.23 bits per heavy atom. The second kappa shape index (κ2) is 49.5. The van der Waals surface area contributed by atoms with Crippen molar-refractivity contribution in [1.82, 2.24) is 0 Å². The molecule has 24 heteroatoms. The lowest BCUT2D eigenvalue weighted by Gasteiger charge is -2.60. The van der Waals surface area contributed by atoms with Crippen LogP contribution < -0.4 is 0 Å². The Hall–Kier alpha value is -8.70. The molecule has 12 saturated carbocycles. The van der Waals surface area contributed by atoms with Crippen molar-refractivity contribution in [2.75, 3.05) is 13.2 Å². The van der Waals surface area contributed by atoms with Crippen LogP contribution in [-0.2, 0) is 114 Å². The summed E-state index contributed by atoms with van der Waals surface area (Å²) >= 11 is 0. The Bertz CT molecular complexity index is 4110. The van der Waals surface area contributed by atoms with E-state index in [1.807, 2.05) is 6.92 Å². The average molecular weight is 1830 g/mol. The summed E-state index contributed by atoms with van der Waals surface area (Å²) < 4.78 is 63.5. The maximum absolute atomic E-state index is 12.0. The molecule has 15 rings (SSSR count). The van der Waals surface area contributed by atoms with Gasteiger partial charge in [-0.3, -0.25) is 4.79 Å². The highest BCUT2D eigenvalue weighted by Crippen LogP contribution is 2.61. The van der Waals surface area contributed by atoms with Crippen molar-refractivity contribution in [2.45, 2.75) is 413 Å². The van der Waals surface area contributed by atoms with E-state index in [9.17, 15) is 57.5 Å². The van der Waals surface area contributed by atoms with Gasteiger partial charge in [-0.25, -0.2) is 52.7 Å². The minimum atomic E-state index is -1.12. The van der Waals surface area contributed by atoms with Crippen molar-refractivity contribution < 1.29 is 114 Å². The van der Waals surface area contributed by atoms with Gasteiger partial charge in [-0.2, -0.15) is 0 Å². The lowest BCUT2D eigenvalue weighted by molar-refractivity contribution is -0.207. The zero-order valence-electron chi connectivity index (χ0n) is 83.1.